The van der Waals surface area contributed by atoms with Crippen LogP contribution < -0.4 is 15.0 Å². The van der Waals surface area contributed by atoms with Crippen molar-refractivity contribution in [3.63, 3.8) is 0 Å². The Morgan fingerprint density at radius 1 is 1.20 bits per heavy atom. The zero-order chi connectivity index (χ0) is 20.9. The molecule has 156 valence electrons. The van der Waals surface area contributed by atoms with E-state index in [1.54, 1.807) is 12.4 Å². The molecule has 0 aliphatic carbocycles. The summed E-state index contributed by atoms with van der Waals surface area (Å²) >= 11 is 0. The van der Waals surface area contributed by atoms with Gasteiger partial charge in [0.1, 0.15) is 11.3 Å². The van der Waals surface area contributed by atoms with Gasteiger partial charge in [0.25, 0.3) is 0 Å². The topological polar surface area (TPSA) is 80.2 Å². The van der Waals surface area contributed by atoms with E-state index in [0.717, 1.165) is 41.9 Å². The summed E-state index contributed by atoms with van der Waals surface area (Å²) in [5, 5.41) is 3.09. The van der Waals surface area contributed by atoms with Gasteiger partial charge in [-0.2, -0.15) is 0 Å². The van der Waals surface area contributed by atoms with Gasteiger partial charge in [0.05, 0.1) is 23.9 Å². The molecule has 1 atom stereocenters. The number of amides is 1. The van der Waals surface area contributed by atoms with E-state index in [4.69, 9.17) is 4.74 Å². The van der Waals surface area contributed by atoms with Crippen molar-refractivity contribution in [1.29, 1.82) is 0 Å². The summed E-state index contributed by atoms with van der Waals surface area (Å²) in [7, 11) is 0. The Labute approximate surface area is 176 Å². The molecule has 0 radical (unpaired) electrons. The first-order valence-electron chi connectivity index (χ1n) is 10.4. The zero-order valence-corrected chi connectivity index (χ0v) is 17.4. The highest BCUT2D eigenvalue weighted by Crippen LogP contribution is 2.24. The van der Waals surface area contributed by atoms with E-state index in [1.165, 1.54) is 0 Å². The van der Waals surface area contributed by atoms with Crippen molar-refractivity contribution in [2.24, 2.45) is 5.92 Å². The first-order chi connectivity index (χ1) is 14.6. The Bertz CT molecular complexity index is 1010. The molecule has 2 aromatic heterocycles. The number of carbonyl (C=O) groups is 1. The quantitative estimate of drug-likeness (QED) is 0.677. The van der Waals surface area contributed by atoms with Gasteiger partial charge in [0, 0.05) is 32.0 Å². The van der Waals surface area contributed by atoms with E-state index in [1.807, 2.05) is 50.4 Å². The third-order valence-electron chi connectivity index (χ3n) is 5.23. The summed E-state index contributed by atoms with van der Waals surface area (Å²) in [6.07, 6.45) is 7.14. The molecule has 0 spiro atoms. The van der Waals surface area contributed by atoms with Gasteiger partial charge in [-0.05, 0) is 50.5 Å². The van der Waals surface area contributed by atoms with Crippen LogP contribution in [-0.2, 0) is 11.3 Å². The number of hydrogen-bond donors (Lipinski definition) is 1. The van der Waals surface area contributed by atoms with Crippen molar-refractivity contribution < 1.29 is 9.53 Å². The summed E-state index contributed by atoms with van der Waals surface area (Å²) in [6.45, 7) is 6.12. The average molecular weight is 406 g/mol. The minimum Gasteiger partial charge on any atom is -0.491 e. The lowest BCUT2D eigenvalue weighted by Gasteiger charge is -2.33. The van der Waals surface area contributed by atoms with E-state index >= 15 is 0 Å². The van der Waals surface area contributed by atoms with E-state index in [0.29, 0.717) is 18.7 Å². The van der Waals surface area contributed by atoms with Crippen LogP contribution in [0.15, 0.2) is 48.9 Å². The molecule has 7 heteroatoms. The molecule has 3 aromatic rings. The number of rotatable bonds is 6. The van der Waals surface area contributed by atoms with Crippen molar-refractivity contribution in [2.75, 3.05) is 18.0 Å². The van der Waals surface area contributed by atoms with Crippen LogP contribution in [0.25, 0.3) is 11.2 Å². The molecule has 1 saturated heterocycles. The second-order valence-corrected chi connectivity index (χ2v) is 7.91. The van der Waals surface area contributed by atoms with Gasteiger partial charge in [-0.3, -0.25) is 9.78 Å². The molecule has 4 rings (SSSR count). The molecule has 3 heterocycles. The van der Waals surface area contributed by atoms with Crippen LogP contribution in [0, 0.1) is 5.92 Å². The standard InChI is InChI=1S/C23H27N5O2/c1-16(2)30-20-7-5-17(6-8-20)13-27-23(29)18-4-3-11-28(15-18)19-12-21-22(26-14-19)25-10-9-24-21/h5-10,12,14,16,18H,3-4,11,13,15H2,1-2H3,(H,27,29)/t18-/m0/s1. The molecule has 1 aromatic carbocycles. The lowest BCUT2D eigenvalue weighted by Crippen LogP contribution is -2.43. The maximum Gasteiger partial charge on any atom is 0.225 e. The lowest BCUT2D eigenvalue weighted by atomic mass is 9.96. The largest absolute Gasteiger partial charge is 0.491 e. The molecule has 0 unspecified atom stereocenters. The number of benzene rings is 1. The van der Waals surface area contributed by atoms with Crippen molar-refractivity contribution in [2.45, 2.75) is 39.3 Å². The first-order valence-corrected chi connectivity index (χ1v) is 10.4. The molecule has 1 aliphatic heterocycles. The van der Waals surface area contributed by atoms with Crippen molar-refractivity contribution >= 4 is 22.8 Å². The zero-order valence-electron chi connectivity index (χ0n) is 17.4. The molecule has 7 nitrogen and oxygen atoms in total. The predicted molar refractivity (Wildman–Crippen MR) is 116 cm³/mol. The maximum absolute atomic E-state index is 12.8. The van der Waals surface area contributed by atoms with Crippen LogP contribution in [-0.4, -0.2) is 40.1 Å². The molecule has 1 fully saturated rings. The normalized spacial score (nSPS) is 16.6. The predicted octanol–water partition coefficient (Wildman–Crippen LogP) is 3.34. The Morgan fingerprint density at radius 3 is 2.80 bits per heavy atom. The molecule has 30 heavy (non-hydrogen) atoms. The Balaban J connectivity index is 1.35. The monoisotopic (exact) mass is 405 g/mol. The number of ether oxygens (including phenoxy) is 1. The number of carbonyl (C=O) groups excluding carboxylic acids is 1. The fourth-order valence-electron chi connectivity index (χ4n) is 3.74. The number of anilines is 1. The molecule has 0 saturated carbocycles. The SMILES string of the molecule is CC(C)Oc1ccc(CNC(=O)[C@H]2CCCN(c3cnc4nccnc4c3)C2)cc1. The van der Waals surface area contributed by atoms with Crippen molar-refractivity contribution in [3.05, 3.63) is 54.5 Å². The lowest BCUT2D eigenvalue weighted by molar-refractivity contribution is -0.125. The van der Waals surface area contributed by atoms with E-state index in [9.17, 15) is 4.79 Å². The van der Waals surface area contributed by atoms with Gasteiger partial charge in [-0.25, -0.2) is 9.97 Å². The van der Waals surface area contributed by atoms with Gasteiger partial charge >= 0.3 is 0 Å². The van der Waals surface area contributed by atoms with Gasteiger partial charge in [0.15, 0.2) is 5.65 Å². The minimum absolute atomic E-state index is 0.0418. The van der Waals surface area contributed by atoms with Crippen LogP contribution in [0.5, 0.6) is 5.75 Å². The highest BCUT2D eigenvalue weighted by atomic mass is 16.5. The van der Waals surface area contributed by atoms with E-state index in [2.05, 4.69) is 25.2 Å². The minimum atomic E-state index is -0.0418. The summed E-state index contributed by atoms with van der Waals surface area (Å²) in [5.74, 6) is 0.896. The summed E-state index contributed by atoms with van der Waals surface area (Å²) in [5.41, 5.74) is 3.45. The van der Waals surface area contributed by atoms with Crippen LogP contribution in [0.3, 0.4) is 0 Å². The van der Waals surface area contributed by atoms with Gasteiger partial charge in [-0.1, -0.05) is 12.1 Å². The molecular formula is C23H27N5O2. The number of fused-ring (bicyclic) bond motifs is 1. The number of piperidine rings is 1. The third-order valence-corrected chi connectivity index (χ3v) is 5.23. The van der Waals surface area contributed by atoms with Gasteiger partial charge in [-0.15, -0.1) is 0 Å². The second-order valence-electron chi connectivity index (χ2n) is 7.91. The first kappa shape index (κ1) is 20.1. The van der Waals surface area contributed by atoms with Crippen molar-refractivity contribution in [3.8, 4) is 5.75 Å². The van der Waals surface area contributed by atoms with Crippen LogP contribution in [0.2, 0.25) is 0 Å². The smallest absolute Gasteiger partial charge is 0.225 e. The second kappa shape index (κ2) is 9.07. The van der Waals surface area contributed by atoms with E-state index < -0.39 is 0 Å². The Hall–Kier alpha value is -3.22. The van der Waals surface area contributed by atoms with Crippen LogP contribution in [0.1, 0.15) is 32.3 Å². The maximum atomic E-state index is 12.8. The molecular weight excluding hydrogens is 378 g/mol. The highest BCUT2D eigenvalue weighted by molar-refractivity contribution is 5.80. The Morgan fingerprint density at radius 2 is 2.00 bits per heavy atom. The summed E-state index contributed by atoms with van der Waals surface area (Å²) in [4.78, 5) is 27.9. The number of hydrogen-bond acceptors (Lipinski definition) is 6. The number of nitrogens with one attached hydrogen (secondary N) is 1. The van der Waals surface area contributed by atoms with Gasteiger partial charge in [0.2, 0.25) is 5.91 Å². The van der Waals surface area contributed by atoms with Crippen LogP contribution in [0.4, 0.5) is 5.69 Å². The fourth-order valence-corrected chi connectivity index (χ4v) is 3.74. The summed E-state index contributed by atoms with van der Waals surface area (Å²) < 4.78 is 5.66. The molecule has 1 amide bonds. The highest BCUT2D eigenvalue weighted by Gasteiger charge is 2.26. The number of nitrogens with zero attached hydrogens (tertiary/aromatic N) is 4. The molecule has 0 bridgehead atoms. The van der Waals surface area contributed by atoms with E-state index in [-0.39, 0.29) is 17.9 Å². The number of aromatic nitrogens is 3. The third kappa shape index (κ3) is 4.84. The van der Waals surface area contributed by atoms with Crippen molar-refractivity contribution in [1.82, 2.24) is 20.3 Å². The summed E-state index contributed by atoms with van der Waals surface area (Å²) in [6, 6.07) is 9.87. The number of pyridine rings is 1. The molecule has 1 aliphatic rings. The Kier molecular flexibility index (Phi) is 6.07. The fraction of sp³-hybridized carbons (Fsp3) is 0.391. The van der Waals surface area contributed by atoms with Gasteiger partial charge < -0.3 is 15.0 Å². The molecule has 1 N–H and O–H groups in total. The average Bonchev–Trinajstić information content (AvgIpc) is 2.78. The van der Waals surface area contributed by atoms with Crippen LogP contribution >= 0.6 is 0 Å².